The van der Waals surface area contributed by atoms with Crippen molar-refractivity contribution in [3.05, 3.63) is 12.2 Å². The summed E-state index contributed by atoms with van der Waals surface area (Å²) >= 11 is 0. The van der Waals surface area contributed by atoms with Gasteiger partial charge in [-0.15, -0.1) is 0 Å². The number of hydrogen-bond donors (Lipinski definition) is 4. The van der Waals surface area contributed by atoms with Gasteiger partial charge in [-0.25, -0.2) is 4.79 Å². The zero-order valence-electron chi connectivity index (χ0n) is 17.3. The minimum absolute atomic E-state index is 0.0433. The van der Waals surface area contributed by atoms with Crippen LogP contribution >= 0.6 is 0 Å². The number of aliphatic carboxylic acids is 3. The van der Waals surface area contributed by atoms with Crippen molar-refractivity contribution in [1.29, 1.82) is 0 Å². The van der Waals surface area contributed by atoms with E-state index in [2.05, 4.69) is 13.5 Å². The Morgan fingerprint density at radius 3 is 2.28 bits per heavy atom. The van der Waals surface area contributed by atoms with E-state index in [9.17, 15) is 29.7 Å². The van der Waals surface area contributed by atoms with Crippen LogP contribution in [0.2, 0.25) is 0 Å². The predicted octanol–water partition coefficient (Wildman–Crippen LogP) is 2.40. The van der Waals surface area contributed by atoms with Crippen LogP contribution in [0.4, 0.5) is 0 Å². The molecule has 2 saturated carbocycles. The predicted molar refractivity (Wildman–Crippen MR) is 103 cm³/mol. The van der Waals surface area contributed by atoms with Gasteiger partial charge in [0, 0.05) is 5.92 Å². The number of aliphatic hydroxyl groups is 1. The van der Waals surface area contributed by atoms with Gasteiger partial charge < -0.3 is 25.2 Å². The normalized spacial score (nSPS) is 33.4. The van der Waals surface area contributed by atoms with E-state index in [4.69, 9.17) is 9.84 Å². The molecular weight excluding hydrogens is 380 g/mol. The third-order valence-electron chi connectivity index (χ3n) is 7.32. The van der Waals surface area contributed by atoms with Crippen LogP contribution in [0.15, 0.2) is 12.2 Å². The average Bonchev–Trinajstić information content (AvgIpc) is 2.59. The topological polar surface area (TPSA) is 141 Å². The fourth-order valence-electron chi connectivity index (χ4n) is 5.54. The van der Waals surface area contributed by atoms with E-state index in [1.807, 2.05) is 13.8 Å². The molecule has 0 saturated heterocycles. The Morgan fingerprint density at radius 1 is 1.14 bits per heavy atom. The minimum atomic E-state index is -1.76. The summed E-state index contributed by atoms with van der Waals surface area (Å²) in [4.78, 5) is 34.1. The van der Waals surface area contributed by atoms with Crippen LogP contribution in [0.1, 0.15) is 52.9 Å². The van der Waals surface area contributed by atoms with Gasteiger partial charge in [0.05, 0.1) is 19.1 Å². The van der Waals surface area contributed by atoms with Gasteiger partial charge in [0.15, 0.2) is 6.10 Å². The lowest BCUT2D eigenvalue weighted by Gasteiger charge is -2.59. The molecule has 2 fully saturated rings. The van der Waals surface area contributed by atoms with Crippen molar-refractivity contribution < 1.29 is 39.5 Å². The summed E-state index contributed by atoms with van der Waals surface area (Å²) in [5.74, 6) is -6.13. The first-order valence-electron chi connectivity index (χ1n) is 9.97. The maximum absolute atomic E-state index is 11.7. The average molecular weight is 412 g/mol. The van der Waals surface area contributed by atoms with Crippen molar-refractivity contribution >= 4 is 17.9 Å². The lowest BCUT2D eigenvalue weighted by atomic mass is 9.47. The second kappa shape index (κ2) is 8.44. The molecule has 8 heteroatoms. The highest BCUT2D eigenvalue weighted by molar-refractivity contribution is 5.85. The summed E-state index contributed by atoms with van der Waals surface area (Å²) in [5, 5.41) is 38.2. The van der Waals surface area contributed by atoms with Crippen molar-refractivity contribution in [2.24, 2.45) is 28.6 Å². The summed E-state index contributed by atoms with van der Waals surface area (Å²) in [5.41, 5.74) is 0.336. The second-order valence-corrected chi connectivity index (χ2v) is 9.32. The number of carbonyl (C=O) groups is 3. The van der Waals surface area contributed by atoms with Gasteiger partial charge in [-0.3, -0.25) is 9.59 Å². The molecule has 2 rings (SSSR count). The summed E-state index contributed by atoms with van der Waals surface area (Å²) in [6, 6.07) is 0. The van der Waals surface area contributed by atoms with Gasteiger partial charge in [-0.2, -0.15) is 0 Å². The van der Waals surface area contributed by atoms with Crippen LogP contribution < -0.4 is 0 Å². The summed E-state index contributed by atoms with van der Waals surface area (Å²) < 4.78 is 5.58. The minimum Gasteiger partial charge on any atom is -0.481 e. The molecular formula is C21H32O8. The van der Waals surface area contributed by atoms with E-state index < -0.39 is 42.5 Å². The fraction of sp³-hybridized carbons (Fsp3) is 0.762. The van der Waals surface area contributed by atoms with Crippen LogP contribution in [-0.4, -0.2) is 57.1 Å². The third-order valence-corrected chi connectivity index (χ3v) is 7.32. The molecule has 0 aromatic rings. The smallest absolute Gasteiger partial charge is 0.333 e. The van der Waals surface area contributed by atoms with E-state index in [-0.39, 0.29) is 29.3 Å². The summed E-state index contributed by atoms with van der Waals surface area (Å²) in [7, 11) is 0. The van der Waals surface area contributed by atoms with Crippen LogP contribution in [-0.2, 0) is 19.1 Å². The molecule has 6 atom stereocenters. The largest absolute Gasteiger partial charge is 0.481 e. The molecule has 0 bridgehead atoms. The second-order valence-electron chi connectivity index (χ2n) is 9.32. The highest BCUT2D eigenvalue weighted by Crippen LogP contribution is 2.60. The molecule has 4 N–H and O–H groups in total. The third kappa shape index (κ3) is 4.48. The molecule has 0 aromatic heterocycles. The number of rotatable bonds is 8. The molecule has 29 heavy (non-hydrogen) atoms. The van der Waals surface area contributed by atoms with Crippen LogP contribution in [0, 0.1) is 28.6 Å². The van der Waals surface area contributed by atoms with Crippen molar-refractivity contribution in [3.63, 3.8) is 0 Å². The Morgan fingerprint density at radius 2 is 1.76 bits per heavy atom. The van der Waals surface area contributed by atoms with Crippen molar-refractivity contribution in [3.8, 4) is 0 Å². The van der Waals surface area contributed by atoms with E-state index in [0.29, 0.717) is 6.42 Å². The molecule has 0 aromatic carbocycles. The molecule has 0 spiro atoms. The van der Waals surface area contributed by atoms with Crippen LogP contribution in [0.5, 0.6) is 0 Å². The van der Waals surface area contributed by atoms with Gasteiger partial charge in [-0.05, 0) is 42.4 Å². The fourth-order valence-corrected chi connectivity index (χ4v) is 5.54. The maximum Gasteiger partial charge on any atom is 0.333 e. The van der Waals surface area contributed by atoms with Crippen molar-refractivity contribution in [1.82, 2.24) is 0 Å². The Hall–Kier alpha value is -1.93. The van der Waals surface area contributed by atoms with E-state index >= 15 is 0 Å². The Bertz CT molecular complexity index is 684. The molecule has 2 aliphatic rings. The molecule has 0 aliphatic heterocycles. The lowest BCUT2D eigenvalue weighted by molar-refractivity contribution is -0.172. The first kappa shape index (κ1) is 23.3. The number of carboxylic acid groups (broad SMARTS) is 3. The molecule has 8 nitrogen and oxygen atoms in total. The van der Waals surface area contributed by atoms with E-state index in [0.717, 1.165) is 24.8 Å². The summed E-state index contributed by atoms with van der Waals surface area (Å²) in [6.07, 6.45) is -0.0890. The molecule has 0 heterocycles. The molecule has 0 amide bonds. The lowest BCUT2D eigenvalue weighted by Crippen LogP contribution is -2.56. The standard InChI is InChI=1S/C21H32O8/c1-11-5-6-14-20(2,3)15(22)7-8-21(14,4)13(11)10-29-17(19(27)28)12(18(25)26)9-16(23)24/h12-15,17,22H,1,5-10H2,2-4H3,(H,23,24)(H,25,26)(H,27,28)/t12-,13-,14-,15-,17+,21-/m0/s1. The number of carboxylic acids is 3. The van der Waals surface area contributed by atoms with Crippen LogP contribution in [0.3, 0.4) is 0 Å². The molecule has 0 radical (unpaired) electrons. The number of ether oxygens (including phenoxy) is 1. The van der Waals surface area contributed by atoms with E-state index in [1.165, 1.54) is 0 Å². The molecule has 164 valence electrons. The van der Waals surface area contributed by atoms with E-state index in [1.54, 1.807) is 0 Å². The van der Waals surface area contributed by atoms with Gasteiger partial charge in [0.1, 0.15) is 5.92 Å². The Kier molecular flexibility index (Phi) is 6.79. The quantitative estimate of drug-likeness (QED) is 0.445. The monoisotopic (exact) mass is 412 g/mol. The van der Waals surface area contributed by atoms with Crippen molar-refractivity contribution in [2.45, 2.75) is 65.1 Å². The van der Waals surface area contributed by atoms with Crippen molar-refractivity contribution in [2.75, 3.05) is 6.61 Å². The summed E-state index contributed by atoms with van der Waals surface area (Å²) in [6.45, 7) is 10.3. The zero-order valence-corrected chi connectivity index (χ0v) is 17.3. The van der Waals surface area contributed by atoms with Gasteiger partial charge in [0.25, 0.3) is 0 Å². The highest BCUT2D eigenvalue weighted by Gasteiger charge is 2.56. The Balaban J connectivity index is 2.25. The highest BCUT2D eigenvalue weighted by atomic mass is 16.5. The molecule has 0 unspecified atom stereocenters. The number of aliphatic hydroxyl groups excluding tert-OH is 1. The Labute approximate surface area is 170 Å². The van der Waals surface area contributed by atoms with Gasteiger partial charge in [-0.1, -0.05) is 32.9 Å². The first-order chi connectivity index (χ1) is 13.3. The number of fused-ring (bicyclic) bond motifs is 1. The first-order valence-corrected chi connectivity index (χ1v) is 9.97. The van der Waals surface area contributed by atoms with Gasteiger partial charge in [0.2, 0.25) is 0 Å². The zero-order chi connectivity index (χ0) is 22.1. The molecule has 2 aliphatic carbocycles. The van der Waals surface area contributed by atoms with Gasteiger partial charge >= 0.3 is 17.9 Å². The number of hydrogen-bond acceptors (Lipinski definition) is 5. The SMILES string of the molecule is C=C1CC[C@H]2C(C)(C)[C@@H](O)CC[C@@]2(C)[C@H]1CO[C@@H](C(=O)O)[C@H](CC(=O)O)C(=O)O. The van der Waals surface area contributed by atoms with Crippen LogP contribution in [0.25, 0.3) is 0 Å². The maximum atomic E-state index is 11.7.